The van der Waals surface area contributed by atoms with Gasteiger partial charge in [0.05, 0.1) is 5.92 Å². The highest BCUT2D eigenvalue weighted by atomic mass is 19.1. The maximum absolute atomic E-state index is 12.7. The summed E-state index contributed by atoms with van der Waals surface area (Å²) >= 11 is 0. The van der Waals surface area contributed by atoms with E-state index in [9.17, 15) is 9.18 Å². The van der Waals surface area contributed by atoms with Crippen LogP contribution in [0.3, 0.4) is 0 Å². The van der Waals surface area contributed by atoms with E-state index in [2.05, 4.69) is 0 Å². The average molecular weight is 238 g/mol. The van der Waals surface area contributed by atoms with Gasteiger partial charge in [-0.05, 0) is 25.0 Å². The van der Waals surface area contributed by atoms with Gasteiger partial charge in [0.15, 0.2) is 0 Å². The van der Waals surface area contributed by atoms with Crippen molar-refractivity contribution >= 4 is 5.97 Å². The van der Waals surface area contributed by atoms with Crippen molar-refractivity contribution in [1.29, 1.82) is 0 Å². The fourth-order valence-electron chi connectivity index (χ4n) is 1.93. The first-order chi connectivity index (χ1) is 8.09. The first kappa shape index (κ1) is 11.9. The second-order valence-corrected chi connectivity index (χ2v) is 4.42. The zero-order valence-corrected chi connectivity index (χ0v) is 9.60. The number of carboxylic acid groups (broad SMARTS) is 1. The number of alkyl halides is 1. The van der Waals surface area contributed by atoms with E-state index in [-0.39, 0.29) is 18.4 Å². The van der Waals surface area contributed by atoms with Gasteiger partial charge in [-0.15, -0.1) is 0 Å². The Balaban J connectivity index is 2.09. The summed E-state index contributed by atoms with van der Waals surface area (Å²) in [5, 5.41) is 8.89. The Hall–Kier alpha value is -1.58. The van der Waals surface area contributed by atoms with Crippen molar-refractivity contribution < 1.29 is 19.0 Å². The highest BCUT2D eigenvalue weighted by Gasteiger charge is 2.45. The topological polar surface area (TPSA) is 46.5 Å². The Labute approximate surface area is 99.2 Å². The van der Waals surface area contributed by atoms with Crippen molar-refractivity contribution in [2.75, 3.05) is 6.61 Å². The number of carbonyl (C=O) groups is 1. The first-order valence-corrected chi connectivity index (χ1v) is 5.68. The molecule has 3 unspecified atom stereocenters. The molecule has 1 aliphatic carbocycles. The maximum atomic E-state index is 12.7. The van der Waals surface area contributed by atoms with Crippen LogP contribution in [0.4, 0.5) is 4.39 Å². The van der Waals surface area contributed by atoms with E-state index in [1.54, 1.807) is 12.1 Å². The highest BCUT2D eigenvalue weighted by molar-refractivity contribution is 5.75. The highest BCUT2D eigenvalue weighted by Crippen LogP contribution is 2.50. The molecule has 0 bridgehead atoms. The van der Waals surface area contributed by atoms with Crippen molar-refractivity contribution in [3.8, 4) is 5.75 Å². The average Bonchev–Trinajstić information content (AvgIpc) is 3.06. The second kappa shape index (κ2) is 4.73. The maximum Gasteiger partial charge on any atom is 0.307 e. The number of ether oxygens (including phenoxy) is 1. The molecule has 0 aromatic heterocycles. The summed E-state index contributed by atoms with van der Waals surface area (Å²) in [5.74, 6) is -0.476. The summed E-state index contributed by atoms with van der Waals surface area (Å²) in [6, 6.07) is 7.26. The molecule has 3 atom stereocenters. The van der Waals surface area contributed by atoms with E-state index < -0.39 is 12.1 Å². The van der Waals surface area contributed by atoms with E-state index in [0.29, 0.717) is 12.2 Å². The van der Waals surface area contributed by atoms with Crippen LogP contribution in [0.15, 0.2) is 24.3 Å². The van der Waals surface area contributed by atoms with Crippen LogP contribution in [0.2, 0.25) is 0 Å². The molecule has 0 spiro atoms. The summed E-state index contributed by atoms with van der Waals surface area (Å²) in [5.41, 5.74) is 0.876. The summed E-state index contributed by atoms with van der Waals surface area (Å²) in [6.07, 6.45) is -0.390. The molecule has 92 valence electrons. The van der Waals surface area contributed by atoms with Crippen LogP contribution in [-0.2, 0) is 4.79 Å². The van der Waals surface area contributed by atoms with Crippen molar-refractivity contribution in [1.82, 2.24) is 0 Å². The Morgan fingerprint density at radius 1 is 1.59 bits per heavy atom. The number of aliphatic carboxylic acids is 1. The van der Waals surface area contributed by atoms with E-state index in [0.717, 1.165) is 5.56 Å². The lowest BCUT2D eigenvalue weighted by molar-refractivity contribution is -0.138. The smallest absolute Gasteiger partial charge is 0.307 e. The predicted octanol–water partition coefficient (Wildman–Crippen LogP) is 2.61. The fraction of sp³-hybridized carbons (Fsp3) is 0.462. The predicted molar refractivity (Wildman–Crippen MR) is 61.0 cm³/mol. The lowest BCUT2D eigenvalue weighted by Crippen LogP contribution is -2.09. The minimum atomic E-state index is -1.03. The molecule has 17 heavy (non-hydrogen) atoms. The largest absolute Gasteiger partial charge is 0.490 e. The van der Waals surface area contributed by atoms with Gasteiger partial charge >= 0.3 is 5.97 Å². The SMILES string of the molecule is CC(F)COc1ccccc1C1CC1C(=O)O. The number of benzene rings is 1. The minimum Gasteiger partial charge on any atom is -0.490 e. The van der Waals surface area contributed by atoms with Gasteiger partial charge in [0.2, 0.25) is 0 Å². The number of rotatable bonds is 5. The van der Waals surface area contributed by atoms with Gasteiger partial charge in [-0.25, -0.2) is 4.39 Å². The molecule has 1 aromatic carbocycles. The minimum absolute atomic E-state index is 0.00146. The molecule has 0 amide bonds. The van der Waals surface area contributed by atoms with Gasteiger partial charge in [-0.3, -0.25) is 4.79 Å². The molecule has 4 heteroatoms. The van der Waals surface area contributed by atoms with Gasteiger partial charge in [0.25, 0.3) is 0 Å². The number of hydrogen-bond donors (Lipinski definition) is 1. The molecule has 1 aromatic rings. The van der Waals surface area contributed by atoms with Gasteiger partial charge in [-0.1, -0.05) is 18.2 Å². The Morgan fingerprint density at radius 3 is 2.88 bits per heavy atom. The van der Waals surface area contributed by atoms with E-state index in [1.807, 2.05) is 12.1 Å². The second-order valence-electron chi connectivity index (χ2n) is 4.42. The van der Waals surface area contributed by atoms with Crippen LogP contribution in [0.5, 0.6) is 5.75 Å². The third-order valence-electron chi connectivity index (χ3n) is 2.89. The van der Waals surface area contributed by atoms with Crippen molar-refractivity contribution in [2.45, 2.75) is 25.4 Å². The van der Waals surface area contributed by atoms with Gasteiger partial charge < -0.3 is 9.84 Å². The van der Waals surface area contributed by atoms with Crippen LogP contribution in [-0.4, -0.2) is 23.9 Å². The zero-order valence-electron chi connectivity index (χ0n) is 9.60. The molecular formula is C13H15FO3. The summed E-state index contributed by atoms with van der Waals surface area (Å²) < 4.78 is 18.1. The van der Waals surface area contributed by atoms with Crippen molar-refractivity contribution in [3.05, 3.63) is 29.8 Å². The van der Waals surface area contributed by atoms with Crippen LogP contribution >= 0.6 is 0 Å². The Kier molecular flexibility index (Phi) is 3.31. The van der Waals surface area contributed by atoms with Gasteiger partial charge in [-0.2, -0.15) is 0 Å². The molecule has 1 N–H and O–H groups in total. The third-order valence-corrected chi connectivity index (χ3v) is 2.89. The first-order valence-electron chi connectivity index (χ1n) is 5.68. The van der Waals surface area contributed by atoms with Crippen molar-refractivity contribution in [3.63, 3.8) is 0 Å². The molecule has 0 aliphatic heterocycles. The van der Waals surface area contributed by atoms with Crippen LogP contribution in [0, 0.1) is 5.92 Å². The molecule has 1 saturated carbocycles. The fourth-order valence-corrected chi connectivity index (χ4v) is 1.93. The molecule has 2 rings (SSSR count). The van der Waals surface area contributed by atoms with Gasteiger partial charge in [0, 0.05) is 5.92 Å². The summed E-state index contributed by atoms with van der Waals surface area (Å²) in [6.45, 7) is 1.43. The molecule has 1 fully saturated rings. The zero-order chi connectivity index (χ0) is 12.4. The Bertz CT molecular complexity index is 417. The molecule has 0 saturated heterocycles. The van der Waals surface area contributed by atoms with Gasteiger partial charge in [0.1, 0.15) is 18.5 Å². The van der Waals surface area contributed by atoms with E-state index in [4.69, 9.17) is 9.84 Å². The van der Waals surface area contributed by atoms with Crippen LogP contribution in [0.25, 0.3) is 0 Å². The molecule has 1 aliphatic rings. The van der Waals surface area contributed by atoms with E-state index >= 15 is 0 Å². The quantitative estimate of drug-likeness (QED) is 0.857. The summed E-state index contributed by atoms with van der Waals surface area (Å²) in [4.78, 5) is 10.8. The lowest BCUT2D eigenvalue weighted by atomic mass is 10.1. The number of para-hydroxylation sites is 1. The van der Waals surface area contributed by atoms with Crippen LogP contribution in [0.1, 0.15) is 24.8 Å². The summed E-state index contributed by atoms with van der Waals surface area (Å²) in [7, 11) is 0. The third kappa shape index (κ3) is 2.75. The Morgan fingerprint density at radius 2 is 2.29 bits per heavy atom. The molecule has 0 radical (unpaired) electrons. The van der Waals surface area contributed by atoms with Crippen molar-refractivity contribution in [2.24, 2.45) is 5.92 Å². The normalized spacial score (nSPS) is 24.1. The molecule has 0 heterocycles. The standard InChI is InChI=1S/C13H15FO3/c1-8(14)7-17-12-5-3-2-4-9(12)10-6-11(10)13(15)16/h2-5,8,10-11H,6-7H2,1H3,(H,15,16). The number of halogens is 1. The monoisotopic (exact) mass is 238 g/mol. The molecule has 3 nitrogen and oxygen atoms in total. The molecular weight excluding hydrogens is 223 g/mol. The number of hydrogen-bond acceptors (Lipinski definition) is 2. The van der Waals surface area contributed by atoms with E-state index in [1.165, 1.54) is 6.92 Å². The number of carboxylic acids is 1. The lowest BCUT2D eigenvalue weighted by Gasteiger charge is -2.11. The van der Waals surface area contributed by atoms with Crippen LogP contribution < -0.4 is 4.74 Å².